The number of amides is 1. The number of fused-ring (bicyclic) bond motifs is 1. The molecular weight excluding hydrogens is 252 g/mol. The Bertz CT molecular complexity index is 663. The zero-order chi connectivity index (χ0) is 14.2. The number of aryl methyl sites for hydroxylation is 1. The summed E-state index contributed by atoms with van der Waals surface area (Å²) in [5.41, 5.74) is 1.46. The van der Waals surface area contributed by atoms with Crippen molar-refractivity contribution in [3.05, 3.63) is 41.6 Å². The van der Waals surface area contributed by atoms with E-state index in [1.54, 1.807) is 6.07 Å². The number of pyridine rings is 1. The highest BCUT2D eigenvalue weighted by molar-refractivity contribution is 6.05. The van der Waals surface area contributed by atoms with Crippen LogP contribution in [0.15, 0.2) is 30.3 Å². The van der Waals surface area contributed by atoms with E-state index in [2.05, 4.69) is 10.3 Å². The molecule has 1 aromatic heterocycles. The summed E-state index contributed by atoms with van der Waals surface area (Å²) in [5, 5.41) is 13.8. The van der Waals surface area contributed by atoms with Gasteiger partial charge in [0.05, 0.1) is 16.7 Å². The lowest BCUT2D eigenvalue weighted by atomic mass is 9.80. The Hall–Kier alpha value is -1.94. The maximum Gasteiger partial charge on any atom is 0.253 e. The van der Waals surface area contributed by atoms with E-state index in [1.165, 1.54) is 0 Å². The van der Waals surface area contributed by atoms with Crippen molar-refractivity contribution in [3.63, 3.8) is 0 Å². The van der Waals surface area contributed by atoms with Crippen molar-refractivity contribution in [2.45, 2.75) is 31.8 Å². The number of hydrogen-bond donors (Lipinski definition) is 2. The van der Waals surface area contributed by atoms with Gasteiger partial charge in [-0.2, -0.15) is 0 Å². The lowest BCUT2D eigenvalue weighted by molar-refractivity contribution is -0.0300. The fourth-order valence-corrected chi connectivity index (χ4v) is 2.53. The van der Waals surface area contributed by atoms with Gasteiger partial charge in [-0.25, -0.2) is 0 Å². The van der Waals surface area contributed by atoms with Crippen LogP contribution in [0.2, 0.25) is 0 Å². The lowest BCUT2D eigenvalue weighted by Gasteiger charge is -2.36. The summed E-state index contributed by atoms with van der Waals surface area (Å²) in [6, 6.07) is 9.47. The second kappa shape index (κ2) is 4.87. The molecule has 104 valence electrons. The van der Waals surface area contributed by atoms with Crippen LogP contribution in [0, 0.1) is 6.92 Å². The molecule has 0 spiro atoms. The third-order valence-electron chi connectivity index (χ3n) is 3.97. The van der Waals surface area contributed by atoms with Crippen LogP contribution in [0.3, 0.4) is 0 Å². The van der Waals surface area contributed by atoms with E-state index in [-0.39, 0.29) is 5.91 Å². The summed E-state index contributed by atoms with van der Waals surface area (Å²) < 4.78 is 0. The van der Waals surface area contributed by atoms with Gasteiger partial charge in [0.2, 0.25) is 0 Å². The van der Waals surface area contributed by atoms with Gasteiger partial charge in [0.1, 0.15) is 0 Å². The van der Waals surface area contributed by atoms with Crippen molar-refractivity contribution in [2.75, 3.05) is 6.54 Å². The molecule has 2 aromatic rings. The Morgan fingerprint density at radius 1 is 1.35 bits per heavy atom. The first-order chi connectivity index (χ1) is 9.57. The topological polar surface area (TPSA) is 62.2 Å². The third-order valence-corrected chi connectivity index (χ3v) is 3.97. The molecule has 0 bridgehead atoms. The highest BCUT2D eigenvalue weighted by Gasteiger charge is 2.34. The van der Waals surface area contributed by atoms with E-state index in [4.69, 9.17) is 0 Å². The molecular formula is C16H18N2O2. The van der Waals surface area contributed by atoms with Gasteiger partial charge in [-0.3, -0.25) is 9.78 Å². The number of para-hydroxylation sites is 1. The Morgan fingerprint density at radius 3 is 2.85 bits per heavy atom. The summed E-state index contributed by atoms with van der Waals surface area (Å²) >= 11 is 0. The highest BCUT2D eigenvalue weighted by Crippen LogP contribution is 2.30. The molecule has 4 nitrogen and oxygen atoms in total. The van der Waals surface area contributed by atoms with Crippen molar-refractivity contribution in [3.8, 4) is 0 Å². The number of rotatable bonds is 3. The van der Waals surface area contributed by atoms with E-state index in [1.807, 2.05) is 31.2 Å². The minimum Gasteiger partial charge on any atom is -0.388 e. The van der Waals surface area contributed by atoms with E-state index < -0.39 is 5.60 Å². The average Bonchev–Trinajstić information content (AvgIpc) is 2.42. The molecule has 20 heavy (non-hydrogen) atoms. The summed E-state index contributed by atoms with van der Waals surface area (Å²) in [6.07, 6.45) is 2.56. The Balaban J connectivity index is 1.85. The van der Waals surface area contributed by atoms with E-state index in [9.17, 15) is 9.90 Å². The number of aromatic nitrogens is 1. The number of benzene rings is 1. The Labute approximate surface area is 117 Å². The number of carbonyl (C=O) groups is 1. The molecule has 1 saturated carbocycles. The van der Waals surface area contributed by atoms with Gasteiger partial charge >= 0.3 is 0 Å². The molecule has 0 unspecified atom stereocenters. The maximum absolute atomic E-state index is 12.3. The van der Waals surface area contributed by atoms with Crippen molar-refractivity contribution in [1.82, 2.24) is 10.3 Å². The van der Waals surface area contributed by atoms with Gasteiger partial charge in [0.25, 0.3) is 5.91 Å². The van der Waals surface area contributed by atoms with Crippen LogP contribution in [0.4, 0.5) is 0 Å². The summed E-state index contributed by atoms with van der Waals surface area (Å²) in [7, 11) is 0. The summed E-state index contributed by atoms with van der Waals surface area (Å²) in [5.74, 6) is -0.172. The molecule has 4 heteroatoms. The quantitative estimate of drug-likeness (QED) is 0.898. The van der Waals surface area contributed by atoms with Crippen LogP contribution in [-0.4, -0.2) is 28.1 Å². The van der Waals surface area contributed by atoms with E-state index >= 15 is 0 Å². The summed E-state index contributed by atoms with van der Waals surface area (Å²) in [4.78, 5) is 16.7. The highest BCUT2D eigenvalue weighted by atomic mass is 16.3. The minimum absolute atomic E-state index is 0.172. The predicted molar refractivity (Wildman–Crippen MR) is 77.6 cm³/mol. The Kier molecular flexibility index (Phi) is 3.18. The Morgan fingerprint density at radius 2 is 2.15 bits per heavy atom. The molecule has 0 radical (unpaired) electrons. The zero-order valence-electron chi connectivity index (χ0n) is 11.5. The SMILES string of the molecule is Cc1ccc2cccc(C(=O)NCC3(O)CCC3)c2n1. The third kappa shape index (κ3) is 2.39. The largest absolute Gasteiger partial charge is 0.388 e. The fourth-order valence-electron chi connectivity index (χ4n) is 2.53. The number of hydrogen-bond acceptors (Lipinski definition) is 3. The van der Waals surface area contributed by atoms with Gasteiger partial charge in [-0.15, -0.1) is 0 Å². The predicted octanol–water partition coefficient (Wildman–Crippen LogP) is 2.19. The maximum atomic E-state index is 12.3. The van der Waals surface area contributed by atoms with Crippen molar-refractivity contribution in [2.24, 2.45) is 0 Å². The van der Waals surface area contributed by atoms with Crippen LogP contribution in [0.5, 0.6) is 0 Å². The molecule has 1 aliphatic rings. The molecule has 0 atom stereocenters. The van der Waals surface area contributed by atoms with Crippen LogP contribution in [-0.2, 0) is 0 Å². The number of nitrogens with zero attached hydrogens (tertiary/aromatic N) is 1. The van der Waals surface area contributed by atoms with Gasteiger partial charge in [-0.05, 0) is 38.3 Å². The first-order valence-electron chi connectivity index (χ1n) is 6.94. The first kappa shape index (κ1) is 13.1. The molecule has 0 saturated heterocycles. The van der Waals surface area contributed by atoms with E-state index in [0.717, 1.165) is 30.3 Å². The van der Waals surface area contributed by atoms with Gasteiger partial charge in [-0.1, -0.05) is 18.2 Å². The number of carbonyl (C=O) groups excluding carboxylic acids is 1. The second-order valence-corrected chi connectivity index (χ2v) is 5.59. The number of nitrogens with one attached hydrogen (secondary N) is 1. The van der Waals surface area contributed by atoms with E-state index in [0.29, 0.717) is 17.6 Å². The second-order valence-electron chi connectivity index (χ2n) is 5.59. The van der Waals surface area contributed by atoms with Gasteiger partial charge in [0.15, 0.2) is 0 Å². The first-order valence-corrected chi connectivity index (χ1v) is 6.94. The van der Waals surface area contributed by atoms with Crippen molar-refractivity contribution < 1.29 is 9.90 Å². The minimum atomic E-state index is -0.705. The van der Waals surface area contributed by atoms with Crippen molar-refractivity contribution >= 4 is 16.8 Å². The molecule has 1 amide bonds. The smallest absolute Gasteiger partial charge is 0.253 e. The van der Waals surface area contributed by atoms with Gasteiger partial charge in [0, 0.05) is 17.6 Å². The molecule has 0 aliphatic heterocycles. The standard InChI is InChI=1S/C16H18N2O2/c1-11-6-7-12-4-2-5-13(14(12)18-11)15(19)17-10-16(20)8-3-9-16/h2,4-7,20H,3,8-10H2,1H3,(H,17,19). The number of aliphatic hydroxyl groups is 1. The molecule has 1 aromatic carbocycles. The average molecular weight is 270 g/mol. The van der Waals surface area contributed by atoms with Crippen LogP contribution in [0.1, 0.15) is 35.3 Å². The summed E-state index contributed by atoms with van der Waals surface area (Å²) in [6.45, 7) is 2.22. The van der Waals surface area contributed by atoms with Gasteiger partial charge < -0.3 is 10.4 Å². The van der Waals surface area contributed by atoms with Crippen LogP contribution < -0.4 is 5.32 Å². The lowest BCUT2D eigenvalue weighted by Crippen LogP contribution is -2.47. The molecule has 3 rings (SSSR count). The molecule has 1 aliphatic carbocycles. The fraction of sp³-hybridized carbons (Fsp3) is 0.375. The van der Waals surface area contributed by atoms with Crippen LogP contribution in [0.25, 0.3) is 10.9 Å². The molecule has 1 heterocycles. The monoisotopic (exact) mass is 270 g/mol. The van der Waals surface area contributed by atoms with Crippen LogP contribution >= 0.6 is 0 Å². The van der Waals surface area contributed by atoms with Crippen molar-refractivity contribution in [1.29, 1.82) is 0 Å². The molecule has 1 fully saturated rings. The molecule has 2 N–H and O–H groups in total. The normalized spacial score (nSPS) is 16.7. The zero-order valence-corrected chi connectivity index (χ0v) is 11.5.